The molecule has 2 aromatic rings. The summed E-state index contributed by atoms with van der Waals surface area (Å²) < 4.78 is 5.44. The normalized spacial score (nSPS) is 15.2. The van der Waals surface area contributed by atoms with Crippen molar-refractivity contribution in [3.8, 4) is 5.75 Å². The average molecular weight is 329 g/mol. The van der Waals surface area contributed by atoms with E-state index in [9.17, 15) is 9.59 Å². The van der Waals surface area contributed by atoms with Gasteiger partial charge in [0.2, 0.25) is 0 Å². The van der Waals surface area contributed by atoms with Gasteiger partial charge in [0.15, 0.2) is 6.61 Å². The number of nitrogens with one attached hydrogen (secondary N) is 1. The van der Waals surface area contributed by atoms with Gasteiger partial charge >= 0.3 is 0 Å². The van der Waals surface area contributed by atoms with Crippen molar-refractivity contribution in [1.82, 2.24) is 20.1 Å². The molecule has 2 amide bonds. The van der Waals surface area contributed by atoms with E-state index in [-0.39, 0.29) is 24.1 Å². The molecule has 0 aromatic carbocycles. The topological polar surface area (TPSA) is 114 Å². The molecule has 0 atom stereocenters. The van der Waals surface area contributed by atoms with Crippen LogP contribution in [0.3, 0.4) is 0 Å². The van der Waals surface area contributed by atoms with Crippen LogP contribution in [-0.4, -0.2) is 51.6 Å². The van der Waals surface area contributed by atoms with Gasteiger partial charge in [0.05, 0.1) is 6.20 Å². The molecule has 0 bridgehead atoms. The number of piperidine rings is 1. The molecule has 1 saturated heterocycles. The zero-order valence-corrected chi connectivity index (χ0v) is 13.1. The van der Waals surface area contributed by atoms with Gasteiger partial charge in [-0.25, -0.2) is 0 Å². The molecule has 24 heavy (non-hydrogen) atoms. The van der Waals surface area contributed by atoms with Gasteiger partial charge in [0, 0.05) is 30.9 Å². The fraction of sp³-hybridized carbons (Fsp3) is 0.375. The Kier molecular flexibility index (Phi) is 4.74. The van der Waals surface area contributed by atoms with E-state index in [4.69, 9.17) is 10.5 Å². The van der Waals surface area contributed by atoms with Crippen LogP contribution in [0.25, 0.3) is 0 Å². The fourth-order valence-corrected chi connectivity index (χ4v) is 2.78. The summed E-state index contributed by atoms with van der Waals surface area (Å²) in [5.74, 6) is 0.239. The lowest BCUT2D eigenvalue weighted by molar-refractivity contribution is -0.134. The highest BCUT2D eigenvalue weighted by Gasteiger charge is 2.25. The molecule has 2 aromatic heterocycles. The summed E-state index contributed by atoms with van der Waals surface area (Å²) in [6, 6.07) is 5.22. The smallest absolute Gasteiger partial charge is 0.269 e. The summed E-state index contributed by atoms with van der Waals surface area (Å²) in [7, 11) is 0. The maximum Gasteiger partial charge on any atom is 0.269 e. The van der Waals surface area contributed by atoms with Crippen LogP contribution in [0.15, 0.2) is 30.6 Å². The standard InChI is InChI=1S/C16H19N5O3/c17-16(23)14-8-13(19-20-14)11-3-6-21(7-4-11)15(22)10-24-12-2-1-5-18-9-12/h1-2,5,8-9,11H,3-4,6-7,10H2,(H2,17,23)(H,19,20). The number of nitrogens with zero attached hydrogens (tertiary/aromatic N) is 3. The van der Waals surface area contributed by atoms with Crippen molar-refractivity contribution < 1.29 is 14.3 Å². The van der Waals surface area contributed by atoms with Crippen molar-refractivity contribution in [3.63, 3.8) is 0 Å². The van der Waals surface area contributed by atoms with E-state index in [1.165, 1.54) is 0 Å². The molecule has 3 N–H and O–H groups in total. The number of rotatable bonds is 5. The summed E-state index contributed by atoms with van der Waals surface area (Å²) in [5, 5.41) is 6.76. The van der Waals surface area contributed by atoms with E-state index in [1.807, 2.05) is 0 Å². The number of aromatic amines is 1. The van der Waals surface area contributed by atoms with E-state index in [0.29, 0.717) is 18.8 Å². The van der Waals surface area contributed by atoms with Gasteiger partial charge in [-0.05, 0) is 31.0 Å². The Morgan fingerprint density at radius 2 is 2.17 bits per heavy atom. The van der Waals surface area contributed by atoms with E-state index in [0.717, 1.165) is 18.5 Å². The lowest BCUT2D eigenvalue weighted by Crippen LogP contribution is -2.40. The molecule has 0 saturated carbocycles. The monoisotopic (exact) mass is 329 g/mol. The van der Waals surface area contributed by atoms with Crippen molar-refractivity contribution in [2.24, 2.45) is 5.73 Å². The Balaban J connectivity index is 1.49. The molecule has 1 aliphatic rings. The van der Waals surface area contributed by atoms with Crippen LogP contribution in [0.1, 0.15) is 34.9 Å². The Morgan fingerprint density at radius 1 is 1.38 bits per heavy atom. The molecular weight excluding hydrogens is 310 g/mol. The number of aromatic nitrogens is 3. The molecular formula is C16H19N5O3. The number of primary amides is 1. The van der Waals surface area contributed by atoms with Crippen LogP contribution in [0.2, 0.25) is 0 Å². The number of ether oxygens (including phenoxy) is 1. The fourth-order valence-electron chi connectivity index (χ4n) is 2.78. The lowest BCUT2D eigenvalue weighted by Gasteiger charge is -2.31. The highest BCUT2D eigenvalue weighted by molar-refractivity contribution is 5.90. The number of nitrogens with two attached hydrogens (primary N) is 1. The number of amides is 2. The highest BCUT2D eigenvalue weighted by atomic mass is 16.5. The van der Waals surface area contributed by atoms with E-state index >= 15 is 0 Å². The van der Waals surface area contributed by atoms with Crippen LogP contribution < -0.4 is 10.5 Å². The minimum atomic E-state index is -0.544. The molecule has 1 fully saturated rings. The second-order valence-corrected chi connectivity index (χ2v) is 5.71. The molecule has 8 nitrogen and oxygen atoms in total. The third-order valence-corrected chi connectivity index (χ3v) is 4.13. The molecule has 0 spiro atoms. The number of carbonyl (C=O) groups is 2. The van der Waals surface area contributed by atoms with E-state index in [1.54, 1.807) is 35.5 Å². The highest BCUT2D eigenvalue weighted by Crippen LogP contribution is 2.27. The summed E-state index contributed by atoms with van der Waals surface area (Å²) in [6.45, 7) is 1.29. The average Bonchev–Trinajstić information content (AvgIpc) is 3.11. The molecule has 1 aliphatic heterocycles. The van der Waals surface area contributed by atoms with E-state index < -0.39 is 5.91 Å². The largest absolute Gasteiger partial charge is 0.482 e. The molecule has 3 heterocycles. The first-order valence-electron chi connectivity index (χ1n) is 7.79. The molecule has 8 heteroatoms. The number of H-pyrrole nitrogens is 1. The quantitative estimate of drug-likeness (QED) is 0.837. The first-order chi connectivity index (χ1) is 11.6. The SMILES string of the molecule is NC(=O)c1cc(C2CCN(C(=O)COc3cccnc3)CC2)[nH]n1. The molecule has 126 valence electrons. The van der Waals surface area contributed by atoms with Gasteiger partial charge in [-0.3, -0.25) is 19.7 Å². The van der Waals surface area contributed by atoms with Gasteiger partial charge in [0.25, 0.3) is 11.8 Å². The van der Waals surface area contributed by atoms with Crippen LogP contribution in [0.5, 0.6) is 5.75 Å². The number of likely N-dealkylation sites (tertiary alicyclic amines) is 1. The maximum absolute atomic E-state index is 12.2. The molecule has 3 rings (SSSR count). The minimum absolute atomic E-state index is 0.00619. The van der Waals surface area contributed by atoms with Crippen molar-refractivity contribution in [2.75, 3.05) is 19.7 Å². The zero-order valence-electron chi connectivity index (χ0n) is 13.1. The van der Waals surface area contributed by atoms with Gasteiger partial charge in [-0.1, -0.05) is 0 Å². The third-order valence-electron chi connectivity index (χ3n) is 4.13. The molecule has 0 unspecified atom stereocenters. The first-order valence-corrected chi connectivity index (χ1v) is 7.79. The van der Waals surface area contributed by atoms with Crippen molar-refractivity contribution in [2.45, 2.75) is 18.8 Å². The summed E-state index contributed by atoms with van der Waals surface area (Å²) in [5.41, 5.74) is 6.34. The number of pyridine rings is 1. The molecule has 0 radical (unpaired) electrons. The Hall–Kier alpha value is -2.90. The third kappa shape index (κ3) is 3.70. The Bertz CT molecular complexity index is 708. The second kappa shape index (κ2) is 7.12. The Morgan fingerprint density at radius 3 is 2.79 bits per heavy atom. The number of hydrogen-bond acceptors (Lipinski definition) is 5. The first kappa shape index (κ1) is 16.0. The van der Waals surface area contributed by atoms with Crippen LogP contribution in [0, 0.1) is 0 Å². The van der Waals surface area contributed by atoms with Crippen molar-refractivity contribution >= 4 is 11.8 Å². The molecule has 0 aliphatic carbocycles. The van der Waals surface area contributed by atoms with Gasteiger partial charge in [-0.2, -0.15) is 5.10 Å². The van der Waals surface area contributed by atoms with Crippen LogP contribution in [-0.2, 0) is 4.79 Å². The minimum Gasteiger partial charge on any atom is -0.482 e. The van der Waals surface area contributed by atoms with Crippen LogP contribution >= 0.6 is 0 Å². The Labute approximate surface area is 139 Å². The van der Waals surface area contributed by atoms with Gasteiger partial charge in [-0.15, -0.1) is 0 Å². The second-order valence-electron chi connectivity index (χ2n) is 5.71. The zero-order chi connectivity index (χ0) is 16.9. The van der Waals surface area contributed by atoms with E-state index in [2.05, 4.69) is 15.2 Å². The van der Waals surface area contributed by atoms with Gasteiger partial charge in [0.1, 0.15) is 11.4 Å². The van der Waals surface area contributed by atoms with Crippen molar-refractivity contribution in [3.05, 3.63) is 42.0 Å². The van der Waals surface area contributed by atoms with Crippen molar-refractivity contribution in [1.29, 1.82) is 0 Å². The summed E-state index contributed by atoms with van der Waals surface area (Å²) in [4.78, 5) is 29.0. The van der Waals surface area contributed by atoms with Crippen LogP contribution in [0.4, 0.5) is 0 Å². The summed E-state index contributed by atoms with van der Waals surface area (Å²) >= 11 is 0. The predicted octanol–water partition coefficient (Wildman–Crippen LogP) is 0.689. The predicted molar refractivity (Wildman–Crippen MR) is 85.4 cm³/mol. The lowest BCUT2D eigenvalue weighted by atomic mass is 9.93. The number of carbonyl (C=O) groups excluding carboxylic acids is 2. The summed E-state index contributed by atoms with van der Waals surface area (Å²) in [6.07, 6.45) is 4.84. The van der Waals surface area contributed by atoms with Gasteiger partial charge < -0.3 is 15.4 Å². The number of hydrogen-bond donors (Lipinski definition) is 2. The maximum atomic E-state index is 12.2.